The van der Waals surface area contributed by atoms with Gasteiger partial charge in [-0.1, -0.05) is 12.1 Å². The number of nitrogens with zero attached hydrogens (tertiary/aromatic N) is 3. The van der Waals surface area contributed by atoms with Crippen LogP contribution in [0.5, 0.6) is 11.5 Å². The topological polar surface area (TPSA) is 101 Å². The van der Waals surface area contributed by atoms with E-state index in [1.54, 1.807) is 29.2 Å². The molecule has 0 saturated heterocycles. The van der Waals surface area contributed by atoms with Gasteiger partial charge in [0.1, 0.15) is 5.82 Å². The molecule has 1 aliphatic carbocycles. The predicted molar refractivity (Wildman–Crippen MR) is 145 cm³/mol. The number of rotatable bonds is 7. The van der Waals surface area contributed by atoms with E-state index in [4.69, 9.17) is 9.47 Å². The fraction of sp³-hybridized carbons (Fsp3) is 0.333. The fourth-order valence-electron chi connectivity index (χ4n) is 5.62. The maximum absolute atomic E-state index is 13.5. The number of pyridine rings is 1. The van der Waals surface area contributed by atoms with Gasteiger partial charge in [0.05, 0.1) is 19.8 Å². The Labute approximate surface area is 226 Å². The molecule has 1 aromatic heterocycles. The first-order valence-electron chi connectivity index (χ1n) is 13.2. The van der Waals surface area contributed by atoms with Crippen LogP contribution >= 0.6 is 0 Å². The van der Waals surface area contributed by atoms with E-state index in [1.165, 1.54) is 19.8 Å². The van der Waals surface area contributed by atoms with Crippen LogP contribution in [0.15, 0.2) is 48.7 Å². The first kappa shape index (κ1) is 24.9. The van der Waals surface area contributed by atoms with Gasteiger partial charge in [-0.15, -0.1) is 0 Å². The summed E-state index contributed by atoms with van der Waals surface area (Å²) in [6, 6.07) is 13.1. The van der Waals surface area contributed by atoms with Gasteiger partial charge < -0.3 is 24.6 Å². The van der Waals surface area contributed by atoms with Crippen LogP contribution in [0, 0.1) is 0 Å². The molecule has 3 amide bonds. The van der Waals surface area contributed by atoms with Gasteiger partial charge in [-0.3, -0.25) is 14.4 Å². The number of methoxy groups -OCH3 is 1. The van der Waals surface area contributed by atoms with Gasteiger partial charge in [-0.25, -0.2) is 4.98 Å². The zero-order valence-electron chi connectivity index (χ0n) is 22.0. The number of carbonyl (C=O) groups is 3. The summed E-state index contributed by atoms with van der Waals surface area (Å²) in [5.41, 5.74) is 4.57. The van der Waals surface area contributed by atoms with Crippen LogP contribution in [0.25, 0.3) is 0 Å². The van der Waals surface area contributed by atoms with Crippen molar-refractivity contribution < 1.29 is 23.9 Å². The zero-order chi connectivity index (χ0) is 27.1. The van der Waals surface area contributed by atoms with Crippen LogP contribution in [0.3, 0.4) is 0 Å². The molecule has 1 saturated carbocycles. The SMILES string of the molecule is COc1ccc(N2Cc3ccc(CN4Cc5cnc(NC(C)=O)cc5C4=O)cc3C2=O)cc1OC1CCCC1. The Morgan fingerprint density at radius 3 is 2.54 bits per heavy atom. The van der Waals surface area contributed by atoms with Gasteiger partial charge in [0.25, 0.3) is 11.8 Å². The maximum atomic E-state index is 13.5. The number of amides is 3. The molecule has 0 bridgehead atoms. The molecule has 2 aromatic carbocycles. The number of anilines is 2. The smallest absolute Gasteiger partial charge is 0.258 e. The van der Waals surface area contributed by atoms with Crippen molar-refractivity contribution in [1.29, 1.82) is 0 Å². The van der Waals surface area contributed by atoms with Crippen molar-refractivity contribution >= 4 is 29.2 Å². The zero-order valence-corrected chi connectivity index (χ0v) is 22.0. The molecular formula is C30H30N4O5. The highest BCUT2D eigenvalue weighted by Crippen LogP contribution is 2.38. The van der Waals surface area contributed by atoms with E-state index >= 15 is 0 Å². The van der Waals surface area contributed by atoms with Gasteiger partial charge in [0, 0.05) is 54.7 Å². The third-order valence-electron chi connectivity index (χ3n) is 7.58. The van der Waals surface area contributed by atoms with E-state index < -0.39 is 0 Å². The van der Waals surface area contributed by atoms with Crippen molar-refractivity contribution in [2.24, 2.45) is 0 Å². The van der Waals surface area contributed by atoms with E-state index in [-0.39, 0.29) is 23.8 Å². The second-order valence-electron chi connectivity index (χ2n) is 10.3. The van der Waals surface area contributed by atoms with Crippen LogP contribution in [0.1, 0.15) is 70.0 Å². The first-order chi connectivity index (χ1) is 18.9. The Balaban J connectivity index is 1.18. The van der Waals surface area contributed by atoms with Gasteiger partial charge >= 0.3 is 0 Å². The number of carbonyl (C=O) groups excluding carboxylic acids is 3. The van der Waals surface area contributed by atoms with Crippen molar-refractivity contribution in [2.75, 3.05) is 17.3 Å². The molecular weight excluding hydrogens is 496 g/mol. The second-order valence-corrected chi connectivity index (χ2v) is 10.3. The Hall–Kier alpha value is -4.40. The quantitative estimate of drug-likeness (QED) is 0.480. The highest BCUT2D eigenvalue weighted by molar-refractivity contribution is 6.10. The molecule has 3 aromatic rings. The van der Waals surface area contributed by atoms with Crippen molar-refractivity contribution in [1.82, 2.24) is 9.88 Å². The van der Waals surface area contributed by atoms with Crippen molar-refractivity contribution in [2.45, 2.75) is 58.3 Å². The van der Waals surface area contributed by atoms with Crippen molar-refractivity contribution in [3.05, 3.63) is 76.5 Å². The summed E-state index contributed by atoms with van der Waals surface area (Å²) in [6.45, 7) is 2.66. The molecule has 6 rings (SSSR count). The summed E-state index contributed by atoms with van der Waals surface area (Å²) < 4.78 is 11.8. The summed E-state index contributed by atoms with van der Waals surface area (Å²) >= 11 is 0. The maximum Gasteiger partial charge on any atom is 0.258 e. The third-order valence-corrected chi connectivity index (χ3v) is 7.58. The lowest BCUT2D eigenvalue weighted by molar-refractivity contribution is -0.114. The minimum absolute atomic E-state index is 0.0796. The van der Waals surface area contributed by atoms with Crippen molar-refractivity contribution in [3.63, 3.8) is 0 Å². The molecule has 1 fully saturated rings. The van der Waals surface area contributed by atoms with Gasteiger partial charge in [-0.05, 0) is 61.1 Å². The Bertz CT molecular complexity index is 1480. The lowest BCUT2D eigenvalue weighted by Crippen LogP contribution is -2.24. The lowest BCUT2D eigenvalue weighted by Gasteiger charge is -2.20. The summed E-state index contributed by atoms with van der Waals surface area (Å²) in [5, 5.41) is 2.62. The molecule has 3 heterocycles. The Kier molecular flexibility index (Phi) is 6.42. The van der Waals surface area contributed by atoms with E-state index in [1.807, 2.05) is 36.4 Å². The number of aromatic nitrogens is 1. The normalized spacial score (nSPS) is 16.5. The molecule has 0 unspecified atom stereocenters. The Morgan fingerprint density at radius 1 is 0.974 bits per heavy atom. The van der Waals surface area contributed by atoms with E-state index in [0.29, 0.717) is 48.1 Å². The standard InChI is InChI=1S/C30H30N4O5/c1-18(35)32-28-13-25-21(14-31-28)16-33(29(25)36)15-19-7-8-20-17-34(30(37)24(20)11-19)22-9-10-26(38-2)27(12-22)39-23-5-3-4-6-23/h7-14,23H,3-6,15-17H2,1-2H3,(H,31,32,35). The van der Waals surface area contributed by atoms with Crippen LogP contribution in [-0.2, 0) is 24.4 Å². The van der Waals surface area contributed by atoms with Gasteiger partial charge in [0.15, 0.2) is 11.5 Å². The average Bonchev–Trinajstić information content (AvgIpc) is 3.63. The van der Waals surface area contributed by atoms with Crippen LogP contribution in [0.2, 0.25) is 0 Å². The summed E-state index contributed by atoms with van der Waals surface area (Å²) in [6.07, 6.45) is 6.19. The largest absolute Gasteiger partial charge is 0.493 e. The molecule has 200 valence electrons. The molecule has 39 heavy (non-hydrogen) atoms. The summed E-state index contributed by atoms with van der Waals surface area (Å²) in [7, 11) is 1.62. The number of fused-ring (bicyclic) bond motifs is 2. The summed E-state index contributed by atoms with van der Waals surface area (Å²) in [4.78, 5) is 45.6. The molecule has 2 aliphatic heterocycles. The van der Waals surface area contributed by atoms with E-state index in [9.17, 15) is 14.4 Å². The number of benzene rings is 2. The third kappa shape index (κ3) is 4.80. The monoisotopic (exact) mass is 526 g/mol. The number of ether oxygens (including phenoxy) is 2. The average molecular weight is 527 g/mol. The van der Waals surface area contributed by atoms with Gasteiger partial charge in [-0.2, -0.15) is 0 Å². The molecule has 3 aliphatic rings. The molecule has 1 N–H and O–H groups in total. The lowest BCUT2D eigenvalue weighted by atomic mass is 10.1. The minimum atomic E-state index is -0.242. The fourth-order valence-corrected chi connectivity index (χ4v) is 5.62. The highest BCUT2D eigenvalue weighted by atomic mass is 16.5. The van der Waals surface area contributed by atoms with Gasteiger partial charge in [0.2, 0.25) is 5.91 Å². The summed E-state index contributed by atoms with van der Waals surface area (Å²) in [5.74, 6) is 1.23. The van der Waals surface area contributed by atoms with Crippen LogP contribution in [-0.4, -0.2) is 40.8 Å². The molecule has 0 atom stereocenters. The molecule has 0 spiro atoms. The first-order valence-corrected chi connectivity index (χ1v) is 13.2. The Morgan fingerprint density at radius 2 is 1.77 bits per heavy atom. The molecule has 9 nitrogen and oxygen atoms in total. The van der Waals surface area contributed by atoms with Crippen molar-refractivity contribution in [3.8, 4) is 11.5 Å². The second kappa shape index (κ2) is 10.1. The van der Waals surface area contributed by atoms with E-state index in [2.05, 4.69) is 10.3 Å². The number of hydrogen-bond acceptors (Lipinski definition) is 6. The highest BCUT2D eigenvalue weighted by Gasteiger charge is 2.32. The van der Waals surface area contributed by atoms with E-state index in [0.717, 1.165) is 35.2 Å². The predicted octanol–water partition coefficient (Wildman–Crippen LogP) is 4.69. The molecule has 9 heteroatoms. The molecule has 0 radical (unpaired) electrons. The van der Waals surface area contributed by atoms with Crippen LogP contribution in [0.4, 0.5) is 11.5 Å². The number of hydrogen-bond donors (Lipinski definition) is 1. The number of nitrogens with one attached hydrogen (secondary N) is 1. The minimum Gasteiger partial charge on any atom is -0.493 e. The van der Waals surface area contributed by atoms with Crippen LogP contribution < -0.4 is 19.7 Å².